The van der Waals surface area contributed by atoms with Crippen molar-refractivity contribution < 1.29 is 19.8 Å². The van der Waals surface area contributed by atoms with Gasteiger partial charge in [-0.1, -0.05) is 0 Å². The molecule has 19 heavy (non-hydrogen) atoms. The molecule has 0 saturated heterocycles. The molecule has 0 bridgehead atoms. The van der Waals surface area contributed by atoms with Gasteiger partial charge in [-0.25, -0.2) is 4.79 Å². The van der Waals surface area contributed by atoms with E-state index >= 15 is 0 Å². The highest BCUT2D eigenvalue weighted by atomic mass is 16.4. The number of phenolic OH excluding ortho intramolecular Hbond substituents is 1. The van der Waals surface area contributed by atoms with Gasteiger partial charge in [-0.05, 0) is 31.2 Å². The van der Waals surface area contributed by atoms with Crippen molar-refractivity contribution in [1.82, 2.24) is 4.98 Å². The van der Waals surface area contributed by atoms with Gasteiger partial charge in [0.05, 0.1) is 5.69 Å². The van der Waals surface area contributed by atoms with Crippen LogP contribution in [0.4, 0.5) is 5.69 Å². The second-order valence-electron chi connectivity index (χ2n) is 4.01. The molecule has 4 N–H and O–H groups in total. The van der Waals surface area contributed by atoms with E-state index in [2.05, 4.69) is 10.3 Å². The Labute approximate surface area is 108 Å². The Morgan fingerprint density at radius 1 is 1.21 bits per heavy atom. The first-order valence-corrected chi connectivity index (χ1v) is 5.50. The summed E-state index contributed by atoms with van der Waals surface area (Å²) in [7, 11) is 0. The smallest absolute Gasteiger partial charge is 0.339 e. The maximum Gasteiger partial charge on any atom is 0.339 e. The number of nitrogens with one attached hydrogen (secondary N) is 2. The van der Waals surface area contributed by atoms with Gasteiger partial charge in [0.15, 0.2) is 0 Å². The fraction of sp³-hybridized carbons (Fsp3) is 0.0769. The third kappa shape index (κ3) is 2.57. The van der Waals surface area contributed by atoms with Crippen LogP contribution in [0.2, 0.25) is 0 Å². The number of aromatic amines is 1. The molecular formula is C13H12N2O4. The molecule has 0 radical (unpaired) electrons. The molecule has 0 saturated carbocycles. The quantitative estimate of drug-likeness (QED) is 0.677. The molecule has 0 aliphatic rings. The van der Waals surface area contributed by atoms with Crippen LogP contribution in [0.1, 0.15) is 26.4 Å². The maximum absolute atomic E-state index is 11.9. The van der Waals surface area contributed by atoms with Gasteiger partial charge in [0.1, 0.15) is 11.3 Å². The van der Waals surface area contributed by atoms with Gasteiger partial charge in [-0.2, -0.15) is 0 Å². The molecule has 0 aliphatic carbocycles. The molecule has 6 heteroatoms. The van der Waals surface area contributed by atoms with E-state index in [1.807, 2.05) is 0 Å². The van der Waals surface area contributed by atoms with Crippen LogP contribution in [0, 0.1) is 6.92 Å². The van der Waals surface area contributed by atoms with E-state index in [0.717, 1.165) is 0 Å². The zero-order chi connectivity index (χ0) is 14.0. The van der Waals surface area contributed by atoms with Crippen LogP contribution in [0.5, 0.6) is 5.75 Å². The van der Waals surface area contributed by atoms with E-state index in [1.54, 1.807) is 6.92 Å². The normalized spacial score (nSPS) is 10.2. The number of aromatic carboxylic acids is 1. The first-order valence-electron chi connectivity index (χ1n) is 5.50. The average Bonchev–Trinajstić information content (AvgIpc) is 2.71. The van der Waals surface area contributed by atoms with Crippen molar-refractivity contribution in [3.63, 3.8) is 0 Å². The molecule has 1 aromatic carbocycles. The predicted octanol–water partition coefficient (Wildman–Crippen LogP) is 1.98. The van der Waals surface area contributed by atoms with Crippen LogP contribution in [0.3, 0.4) is 0 Å². The van der Waals surface area contributed by atoms with E-state index in [0.29, 0.717) is 11.3 Å². The molecule has 0 aliphatic heterocycles. The topological polar surface area (TPSA) is 102 Å². The Morgan fingerprint density at radius 3 is 2.42 bits per heavy atom. The van der Waals surface area contributed by atoms with Crippen molar-refractivity contribution in [2.75, 3.05) is 5.32 Å². The number of aryl methyl sites for hydroxylation is 1. The number of benzene rings is 1. The molecule has 1 amide bonds. The Kier molecular flexibility index (Phi) is 3.24. The lowest BCUT2D eigenvalue weighted by atomic mass is 10.2. The number of H-pyrrole nitrogens is 1. The second-order valence-corrected chi connectivity index (χ2v) is 4.01. The molecule has 2 aromatic rings. The second kappa shape index (κ2) is 4.85. The standard InChI is InChI=1S/C13H12N2O4/c1-7-11(13(18)19)10(6-14-7)15-12(17)8-2-4-9(16)5-3-8/h2-6,14,16H,1H3,(H,15,17)(H,18,19). The average molecular weight is 260 g/mol. The Hall–Kier alpha value is -2.76. The van der Waals surface area contributed by atoms with Crippen molar-refractivity contribution >= 4 is 17.6 Å². The summed E-state index contributed by atoms with van der Waals surface area (Å²) in [5.74, 6) is -1.50. The number of amides is 1. The number of hydrogen-bond acceptors (Lipinski definition) is 3. The summed E-state index contributed by atoms with van der Waals surface area (Å²) in [5, 5.41) is 20.7. The van der Waals surface area contributed by atoms with Crippen LogP contribution in [-0.2, 0) is 0 Å². The monoisotopic (exact) mass is 260 g/mol. The Bertz CT molecular complexity index is 629. The van der Waals surface area contributed by atoms with Gasteiger partial charge < -0.3 is 20.5 Å². The number of aromatic nitrogens is 1. The molecular weight excluding hydrogens is 248 g/mol. The van der Waals surface area contributed by atoms with Gasteiger partial charge in [0, 0.05) is 17.5 Å². The number of rotatable bonds is 3. The van der Waals surface area contributed by atoms with Gasteiger partial charge in [-0.3, -0.25) is 4.79 Å². The van der Waals surface area contributed by atoms with Crippen LogP contribution in [-0.4, -0.2) is 27.1 Å². The molecule has 2 rings (SSSR count). The largest absolute Gasteiger partial charge is 0.508 e. The fourth-order valence-corrected chi connectivity index (χ4v) is 1.71. The minimum Gasteiger partial charge on any atom is -0.508 e. The third-order valence-electron chi connectivity index (χ3n) is 2.67. The third-order valence-corrected chi connectivity index (χ3v) is 2.67. The molecule has 0 atom stereocenters. The first-order chi connectivity index (χ1) is 8.99. The van der Waals surface area contributed by atoms with Crippen molar-refractivity contribution in [2.45, 2.75) is 6.92 Å². The minimum atomic E-state index is -1.11. The summed E-state index contributed by atoms with van der Waals surface area (Å²) in [5.41, 5.74) is 1.04. The maximum atomic E-state index is 11.9. The lowest BCUT2D eigenvalue weighted by molar-refractivity contribution is 0.0697. The molecule has 6 nitrogen and oxygen atoms in total. The number of carbonyl (C=O) groups is 2. The van der Waals surface area contributed by atoms with E-state index in [4.69, 9.17) is 10.2 Å². The van der Waals surface area contributed by atoms with Crippen LogP contribution < -0.4 is 5.32 Å². The lowest BCUT2D eigenvalue weighted by Gasteiger charge is -2.05. The number of hydrogen-bond donors (Lipinski definition) is 4. The summed E-state index contributed by atoms with van der Waals surface area (Å²) < 4.78 is 0. The van der Waals surface area contributed by atoms with E-state index in [-0.39, 0.29) is 17.0 Å². The number of aromatic hydroxyl groups is 1. The van der Waals surface area contributed by atoms with Gasteiger partial charge >= 0.3 is 5.97 Å². The van der Waals surface area contributed by atoms with E-state index < -0.39 is 11.9 Å². The predicted molar refractivity (Wildman–Crippen MR) is 68.5 cm³/mol. The zero-order valence-corrected chi connectivity index (χ0v) is 10.1. The number of carboxylic acids is 1. The highest BCUT2D eigenvalue weighted by Gasteiger charge is 2.17. The number of anilines is 1. The molecule has 0 unspecified atom stereocenters. The van der Waals surface area contributed by atoms with Crippen LogP contribution in [0.25, 0.3) is 0 Å². The van der Waals surface area contributed by atoms with Crippen LogP contribution in [0.15, 0.2) is 30.5 Å². The highest BCUT2D eigenvalue weighted by Crippen LogP contribution is 2.20. The van der Waals surface area contributed by atoms with Gasteiger partial charge in [-0.15, -0.1) is 0 Å². The molecule has 0 fully saturated rings. The lowest BCUT2D eigenvalue weighted by Crippen LogP contribution is -2.13. The Balaban J connectivity index is 2.24. The molecule has 98 valence electrons. The number of carbonyl (C=O) groups excluding carboxylic acids is 1. The van der Waals surface area contributed by atoms with Gasteiger partial charge in [0.2, 0.25) is 0 Å². The summed E-state index contributed by atoms with van der Waals surface area (Å²) in [6.07, 6.45) is 1.43. The van der Waals surface area contributed by atoms with Crippen molar-refractivity contribution in [1.29, 1.82) is 0 Å². The Morgan fingerprint density at radius 2 is 1.84 bits per heavy atom. The van der Waals surface area contributed by atoms with Gasteiger partial charge in [0.25, 0.3) is 5.91 Å². The SMILES string of the molecule is Cc1[nH]cc(NC(=O)c2ccc(O)cc2)c1C(=O)O. The first kappa shape index (κ1) is 12.7. The fourth-order valence-electron chi connectivity index (χ4n) is 1.71. The molecule has 1 heterocycles. The zero-order valence-electron chi connectivity index (χ0n) is 10.1. The van der Waals surface area contributed by atoms with Crippen molar-refractivity contribution in [2.24, 2.45) is 0 Å². The summed E-state index contributed by atoms with van der Waals surface area (Å²) in [6.45, 7) is 1.61. The van der Waals surface area contributed by atoms with Crippen molar-refractivity contribution in [3.05, 3.63) is 47.3 Å². The molecule has 0 spiro atoms. The summed E-state index contributed by atoms with van der Waals surface area (Å²) in [4.78, 5) is 25.7. The van der Waals surface area contributed by atoms with Crippen LogP contribution >= 0.6 is 0 Å². The van der Waals surface area contributed by atoms with E-state index in [9.17, 15) is 9.59 Å². The summed E-state index contributed by atoms with van der Waals surface area (Å²) >= 11 is 0. The minimum absolute atomic E-state index is 0.0344. The number of carboxylic acid groups (broad SMARTS) is 1. The highest BCUT2D eigenvalue weighted by molar-refractivity contribution is 6.08. The summed E-state index contributed by atoms with van der Waals surface area (Å²) in [6, 6.07) is 5.67. The van der Waals surface area contributed by atoms with E-state index in [1.165, 1.54) is 30.5 Å². The number of phenols is 1. The molecule has 1 aromatic heterocycles. The van der Waals surface area contributed by atoms with Crippen molar-refractivity contribution in [3.8, 4) is 5.75 Å².